The number of carbonyl (C=O) groups excluding carboxylic acids is 1. The molecule has 2 heteroatoms. The van der Waals surface area contributed by atoms with Crippen LogP contribution in [-0.2, 0) is 9.53 Å². The van der Waals surface area contributed by atoms with Crippen LogP contribution in [0.4, 0.5) is 0 Å². The molecule has 3 fully saturated rings. The summed E-state index contributed by atoms with van der Waals surface area (Å²) in [5.41, 5.74) is 2.76. The van der Waals surface area contributed by atoms with Gasteiger partial charge in [0.25, 0.3) is 0 Å². The average Bonchev–Trinajstić information content (AvgIpc) is 3.07. The standard InChI is InChI=1S/C31H52O2/c1-20(2)10-9-11-21(3)24-13-14-25-23-12-15-27-29(5,6)28(33-22(4)32)17-19-31(27,8)26(23)16-18-30(24,25)7/h12,20-21,24-28H,9-11,13-19H2,1-8H3/t21-,24-,25+,26+,27?,28+,30-,31-/m1/s1. The molecule has 0 aromatic carbocycles. The zero-order chi connectivity index (χ0) is 24.2. The second-order valence-corrected chi connectivity index (χ2v) is 14.1. The van der Waals surface area contributed by atoms with Crippen LogP contribution in [0.15, 0.2) is 11.6 Å². The first-order valence-electron chi connectivity index (χ1n) is 14.3. The molecule has 0 amide bonds. The number of esters is 1. The molecule has 8 atom stereocenters. The highest BCUT2D eigenvalue weighted by Crippen LogP contribution is 2.69. The van der Waals surface area contributed by atoms with Crippen LogP contribution in [0, 0.1) is 51.8 Å². The predicted octanol–water partition coefficient (Wildman–Crippen LogP) is 8.60. The molecule has 0 heterocycles. The van der Waals surface area contributed by atoms with Gasteiger partial charge in [-0.2, -0.15) is 0 Å². The Morgan fingerprint density at radius 1 is 0.970 bits per heavy atom. The Morgan fingerprint density at radius 3 is 2.30 bits per heavy atom. The highest BCUT2D eigenvalue weighted by atomic mass is 16.5. The third-order valence-electron chi connectivity index (χ3n) is 11.5. The average molecular weight is 457 g/mol. The molecule has 2 nitrogen and oxygen atoms in total. The molecule has 0 bridgehead atoms. The van der Waals surface area contributed by atoms with E-state index >= 15 is 0 Å². The fraction of sp³-hybridized carbons (Fsp3) is 0.903. The molecule has 4 aliphatic rings. The summed E-state index contributed by atoms with van der Waals surface area (Å²) in [6.07, 6.45) is 16.0. The fourth-order valence-electron chi connectivity index (χ4n) is 9.73. The molecule has 0 aromatic heterocycles. The number of ether oxygens (including phenoxy) is 1. The lowest BCUT2D eigenvalue weighted by atomic mass is 9.43. The number of rotatable bonds is 6. The van der Waals surface area contributed by atoms with E-state index in [2.05, 4.69) is 54.5 Å². The largest absolute Gasteiger partial charge is 0.462 e. The van der Waals surface area contributed by atoms with Gasteiger partial charge in [-0.15, -0.1) is 0 Å². The quantitative estimate of drug-likeness (QED) is 0.295. The van der Waals surface area contributed by atoms with Crippen LogP contribution in [0.1, 0.15) is 120 Å². The Balaban J connectivity index is 1.54. The summed E-state index contributed by atoms with van der Waals surface area (Å²) in [5, 5.41) is 0. The second-order valence-electron chi connectivity index (χ2n) is 14.1. The van der Waals surface area contributed by atoms with Crippen molar-refractivity contribution in [1.29, 1.82) is 0 Å². The molecule has 4 aliphatic carbocycles. The van der Waals surface area contributed by atoms with Gasteiger partial charge in [0.05, 0.1) is 0 Å². The molecule has 0 N–H and O–H groups in total. The zero-order valence-corrected chi connectivity index (χ0v) is 23.0. The summed E-state index contributed by atoms with van der Waals surface area (Å²) in [4.78, 5) is 11.8. The maximum atomic E-state index is 11.8. The first kappa shape index (κ1) is 25.3. The van der Waals surface area contributed by atoms with E-state index < -0.39 is 0 Å². The Labute approximate surface area is 204 Å². The van der Waals surface area contributed by atoms with Crippen molar-refractivity contribution in [1.82, 2.24) is 0 Å². The number of hydrogen-bond acceptors (Lipinski definition) is 2. The highest BCUT2D eigenvalue weighted by molar-refractivity contribution is 5.66. The molecule has 188 valence electrons. The van der Waals surface area contributed by atoms with Crippen molar-refractivity contribution in [2.75, 3.05) is 0 Å². The molecule has 3 saturated carbocycles. The van der Waals surface area contributed by atoms with E-state index in [1.165, 1.54) is 57.8 Å². The maximum absolute atomic E-state index is 11.8. The number of allylic oxidation sites excluding steroid dienone is 2. The fourth-order valence-corrected chi connectivity index (χ4v) is 9.73. The van der Waals surface area contributed by atoms with Gasteiger partial charge >= 0.3 is 5.97 Å². The summed E-state index contributed by atoms with van der Waals surface area (Å²) in [7, 11) is 0. The van der Waals surface area contributed by atoms with Gasteiger partial charge in [-0.25, -0.2) is 0 Å². The van der Waals surface area contributed by atoms with Crippen LogP contribution >= 0.6 is 0 Å². The summed E-state index contributed by atoms with van der Waals surface area (Å²) >= 11 is 0. The van der Waals surface area contributed by atoms with Gasteiger partial charge in [0.15, 0.2) is 0 Å². The van der Waals surface area contributed by atoms with Crippen molar-refractivity contribution < 1.29 is 9.53 Å². The Bertz CT molecular complexity index is 763. The van der Waals surface area contributed by atoms with Gasteiger partial charge in [0, 0.05) is 12.3 Å². The van der Waals surface area contributed by atoms with Crippen LogP contribution in [0.2, 0.25) is 0 Å². The van der Waals surface area contributed by atoms with Gasteiger partial charge in [-0.3, -0.25) is 4.79 Å². The second kappa shape index (κ2) is 9.02. The lowest BCUT2D eigenvalue weighted by Gasteiger charge is -2.62. The minimum absolute atomic E-state index is 0.0462. The smallest absolute Gasteiger partial charge is 0.302 e. The van der Waals surface area contributed by atoms with E-state index in [0.29, 0.717) is 16.7 Å². The molecule has 0 radical (unpaired) electrons. The monoisotopic (exact) mass is 456 g/mol. The lowest BCUT2D eigenvalue weighted by molar-refractivity contribution is -0.173. The summed E-state index contributed by atoms with van der Waals surface area (Å²) < 4.78 is 5.85. The van der Waals surface area contributed by atoms with Crippen LogP contribution in [0.3, 0.4) is 0 Å². The third kappa shape index (κ3) is 4.24. The Hall–Kier alpha value is -0.790. The van der Waals surface area contributed by atoms with Gasteiger partial charge < -0.3 is 4.74 Å². The van der Waals surface area contributed by atoms with Gasteiger partial charge in [0.2, 0.25) is 0 Å². The van der Waals surface area contributed by atoms with Crippen LogP contribution in [-0.4, -0.2) is 12.1 Å². The van der Waals surface area contributed by atoms with E-state index in [0.717, 1.165) is 36.0 Å². The number of fused-ring (bicyclic) bond motifs is 5. The third-order valence-corrected chi connectivity index (χ3v) is 11.5. The number of hydrogen-bond donors (Lipinski definition) is 0. The van der Waals surface area contributed by atoms with Crippen LogP contribution < -0.4 is 0 Å². The first-order chi connectivity index (χ1) is 15.4. The molecule has 0 saturated heterocycles. The Morgan fingerprint density at radius 2 is 1.64 bits per heavy atom. The lowest BCUT2D eigenvalue weighted by Crippen LogP contribution is -2.57. The van der Waals surface area contributed by atoms with Crippen molar-refractivity contribution in [3.8, 4) is 0 Å². The van der Waals surface area contributed by atoms with E-state index in [1.54, 1.807) is 6.92 Å². The van der Waals surface area contributed by atoms with Gasteiger partial charge in [-0.1, -0.05) is 79.4 Å². The SMILES string of the molecule is CC(=O)O[C@H]1CC[C@@]2(C)C(CC=C3[C@@H]4CC[C@H]([C@H](C)CCCC(C)C)[C@@]4(C)CC[C@@H]32)C1(C)C. The normalized spacial score (nSPS) is 42.7. The predicted molar refractivity (Wildman–Crippen MR) is 138 cm³/mol. The first-order valence-corrected chi connectivity index (χ1v) is 14.3. The van der Waals surface area contributed by atoms with E-state index in [4.69, 9.17) is 4.74 Å². The summed E-state index contributed by atoms with van der Waals surface area (Å²) in [6.45, 7) is 18.9. The highest BCUT2D eigenvalue weighted by Gasteiger charge is 2.61. The maximum Gasteiger partial charge on any atom is 0.302 e. The molecule has 0 aliphatic heterocycles. The summed E-state index contributed by atoms with van der Waals surface area (Å²) in [5.74, 6) is 4.63. The molecule has 4 rings (SSSR count). The number of carbonyl (C=O) groups is 1. The molecular formula is C31H52O2. The zero-order valence-electron chi connectivity index (χ0n) is 23.0. The topological polar surface area (TPSA) is 26.3 Å². The van der Waals surface area contributed by atoms with Crippen molar-refractivity contribution in [3.63, 3.8) is 0 Å². The molecule has 0 spiro atoms. The minimum Gasteiger partial charge on any atom is -0.462 e. The van der Waals surface area contributed by atoms with Crippen molar-refractivity contribution >= 4 is 5.97 Å². The van der Waals surface area contributed by atoms with Crippen LogP contribution in [0.5, 0.6) is 0 Å². The van der Waals surface area contributed by atoms with Crippen LogP contribution in [0.25, 0.3) is 0 Å². The van der Waals surface area contributed by atoms with Gasteiger partial charge in [-0.05, 0) is 91.3 Å². The molecule has 0 aromatic rings. The van der Waals surface area contributed by atoms with Crippen molar-refractivity contribution in [2.45, 2.75) is 126 Å². The van der Waals surface area contributed by atoms with E-state index in [1.807, 2.05) is 5.57 Å². The van der Waals surface area contributed by atoms with E-state index in [-0.39, 0.29) is 17.5 Å². The summed E-state index contributed by atoms with van der Waals surface area (Å²) in [6, 6.07) is 0. The molecule has 1 unspecified atom stereocenters. The molecular weight excluding hydrogens is 404 g/mol. The van der Waals surface area contributed by atoms with Crippen molar-refractivity contribution in [3.05, 3.63) is 11.6 Å². The van der Waals surface area contributed by atoms with E-state index in [9.17, 15) is 4.79 Å². The Kier molecular flexibility index (Phi) is 6.91. The minimum atomic E-state index is -0.114. The molecule has 33 heavy (non-hydrogen) atoms. The van der Waals surface area contributed by atoms with Gasteiger partial charge in [0.1, 0.15) is 6.10 Å². The van der Waals surface area contributed by atoms with Crippen molar-refractivity contribution in [2.24, 2.45) is 51.8 Å².